The average Bonchev–Trinajstić information content (AvgIpc) is 2.68. The molecule has 1 N–H and O–H groups in total. The summed E-state index contributed by atoms with van der Waals surface area (Å²) in [7, 11) is 0. The first-order chi connectivity index (χ1) is 8.00. The molecule has 6 unspecified atom stereocenters. The fourth-order valence-corrected chi connectivity index (χ4v) is 4.83. The van der Waals surface area contributed by atoms with Gasteiger partial charge in [-0.3, -0.25) is 0 Å². The molecule has 0 aromatic carbocycles. The van der Waals surface area contributed by atoms with Crippen LogP contribution in [-0.4, -0.2) is 22.6 Å². The SMILES string of the molecule is CC(C)C1CCC(C)C(C)C1C1OC(O)CS1. The van der Waals surface area contributed by atoms with Gasteiger partial charge in [-0.25, -0.2) is 0 Å². The number of aliphatic hydroxyl groups excluding tert-OH is 1. The van der Waals surface area contributed by atoms with E-state index in [1.54, 1.807) is 0 Å². The second kappa shape index (κ2) is 5.50. The van der Waals surface area contributed by atoms with Crippen LogP contribution in [0.1, 0.15) is 40.5 Å². The van der Waals surface area contributed by atoms with Crippen molar-refractivity contribution in [2.75, 3.05) is 5.75 Å². The summed E-state index contributed by atoms with van der Waals surface area (Å²) >= 11 is 1.81. The first-order valence-electron chi connectivity index (χ1n) is 6.95. The summed E-state index contributed by atoms with van der Waals surface area (Å²) in [5.41, 5.74) is 0.218. The highest BCUT2D eigenvalue weighted by molar-refractivity contribution is 8.00. The second-order valence-corrected chi connectivity index (χ2v) is 7.32. The van der Waals surface area contributed by atoms with Gasteiger partial charge in [-0.1, -0.05) is 34.1 Å². The lowest BCUT2D eigenvalue weighted by Gasteiger charge is -2.44. The zero-order chi connectivity index (χ0) is 12.6. The summed E-state index contributed by atoms with van der Waals surface area (Å²) < 4.78 is 5.72. The van der Waals surface area contributed by atoms with Crippen molar-refractivity contribution in [3.8, 4) is 0 Å². The van der Waals surface area contributed by atoms with Crippen LogP contribution in [0.5, 0.6) is 0 Å². The molecule has 1 heterocycles. The van der Waals surface area contributed by atoms with Crippen molar-refractivity contribution in [1.29, 1.82) is 0 Å². The third kappa shape index (κ3) is 2.82. The normalized spacial score (nSPS) is 47.6. The van der Waals surface area contributed by atoms with Gasteiger partial charge in [0.15, 0.2) is 6.29 Å². The van der Waals surface area contributed by atoms with Gasteiger partial charge in [-0.2, -0.15) is 0 Å². The van der Waals surface area contributed by atoms with Crippen molar-refractivity contribution in [2.45, 2.75) is 52.3 Å². The Morgan fingerprint density at radius 2 is 1.94 bits per heavy atom. The molecule has 0 amide bonds. The zero-order valence-corrected chi connectivity index (χ0v) is 12.2. The first kappa shape index (κ1) is 13.7. The molecule has 0 aromatic heterocycles. The first-order valence-corrected chi connectivity index (χ1v) is 8.00. The summed E-state index contributed by atoms with van der Waals surface area (Å²) in [6, 6.07) is 0. The molecule has 3 heteroatoms. The summed E-state index contributed by atoms with van der Waals surface area (Å²) in [6.45, 7) is 9.40. The molecule has 2 aliphatic rings. The number of aliphatic hydroxyl groups is 1. The maximum atomic E-state index is 9.56. The van der Waals surface area contributed by atoms with E-state index in [0.717, 1.165) is 23.5 Å². The molecule has 0 radical (unpaired) electrons. The summed E-state index contributed by atoms with van der Waals surface area (Å²) in [5.74, 6) is 4.32. The van der Waals surface area contributed by atoms with E-state index in [2.05, 4.69) is 27.7 Å². The summed E-state index contributed by atoms with van der Waals surface area (Å²) in [5, 5.41) is 9.56. The smallest absolute Gasteiger partial charge is 0.165 e. The maximum Gasteiger partial charge on any atom is 0.165 e. The second-order valence-electron chi connectivity index (χ2n) is 6.19. The molecule has 1 aliphatic carbocycles. The number of ether oxygens (including phenoxy) is 1. The van der Waals surface area contributed by atoms with Crippen LogP contribution in [0.2, 0.25) is 0 Å². The molecule has 0 bridgehead atoms. The van der Waals surface area contributed by atoms with Crippen molar-refractivity contribution in [1.82, 2.24) is 0 Å². The number of thioether (sulfide) groups is 1. The number of hydrogen-bond acceptors (Lipinski definition) is 3. The molecule has 2 rings (SSSR count). The van der Waals surface area contributed by atoms with Crippen LogP contribution < -0.4 is 0 Å². The largest absolute Gasteiger partial charge is 0.367 e. The van der Waals surface area contributed by atoms with E-state index in [0.29, 0.717) is 11.8 Å². The van der Waals surface area contributed by atoms with Crippen LogP contribution in [0.25, 0.3) is 0 Å². The van der Waals surface area contributed by atoms with Crippen molar-refractivity contribution < 1.29 is 9.84 Å². The fourth-order valence-electron chi connectivity index (χ4n) is 3.52. The predicted molar refractivity (Wildman–Crippen MR) is 72.7 cm³/mol. The Balaban J connectivity index is 2.12. The fraction of sp³-hybridized carbons (Fsp3) is 1.00. The number of rotatable bonds is 2. The van der Waals surface area contributed by atoms with E-state index in [-0.39, 0.29) is 5.44 Å². The molecule has 100 valence electrons. The Morgan fingerprint density at radius 1 is 1.24 bits per heavy atom. The van der Waals surface area contributed by atoms with Crippen molar-refractivity contribution in [3.05, 3.63) is 0 Å². The zero-order valence-electron chi connectivity index (χ0n) is 11.4. The molecular weight excluding hydrogens is 232 g/mol. The summed E-state index contributed by atoms with van der Waals surface area (Å²) in [6.07, 6.45) is 2.13. The molecule has 17 heavy (non-hydrogen) atoms. The van der Waals surface area contributed by atoms with Crippen LogP contribution in [0.15, 0.2) is 0 Å². The molecule has 0 spiro atoms. The van der Waals surface area contributed by atoms with Crippen LogP contribution in [0.4, 0.5) is 0 Å². The molecule has 2 nitrogen and oxygen atoms in total. The Kier molecular flexibility index (Phi) is 4.43. The Morgan fingerprint density at radius 3 is 2.47 bits per heavy atom. The molecular formula is C14H26O2S. The average molecular weight is 258 g/mol. The minimum absolute atomic E-state index is 0.218. The van der Waals surface area contributed by atoms with Crippen LogP contribution in [0.3, 0.4) is 0 Å². The topological polar surface area (TPSA) is 29.5 Å². The van der Waals surface area contributed by atoms with Gasteiger partial charge in [0.2, 0.25) is 0 Å². The molecule has 1 saturated heterocycles. The van der Waals surface area contributed by atoms with Gasteiger partial charge in [-0.15, -0.1) is 11.8 Å². The molecule has 6 atom stereocenters. The van der Waals surface area contributed by atoms with E-state index in [9.17, 15) is 5.11 Å². The van der Waals surface area contributed by atoms with Gasteiger partial charge in [0.25, 0.3) is 0 Å². The van der Waals surface area contributed by atoms with Crippen molar-refractivity contribution >= 4 is 11.8 Å². The predicted octanol–water partition coefficient (Wildman–Crippen LogP) is 3.35. The van der Waals surface area contributed by atoms with Crippen LogP contribution in [0, 0.1) is 29.6 Å². The molecule has 1 saturated carbocycles. The van der Waals surface area contributed by atoms with E-state index in [1.165, 1.54) is 12.8 Å². The molecule has 2 fully saturated rings. The van der Waals surface area contributed by atoms with E-state index in [1.807, 2.05) is 11.8 Å². The van der Waals surface area contributed by atoms with Gasteiger partial charge in [0, 0.05) is 11.7 Å². The molecule has 1 aliphatic heterocycles. The highest BCUT2D eigenvalue weighted by Crippen LogP contribution is 2.48. The third-order valence-electron chi connectivity index (χ3n) is 4.82. The highest BCUT2D eigenvalue weighted by Gasteiger charge is 2.44. The standard InChI is InChI=1S/C14H26O2S/c1-8(2)11-6-5-9(3)10(4)13(11)14-16-12(15)7-17-14/h8-15H,5-7H2,1-4H3. The van der Waals surface area contributed by atoms with Gasteiger partial charge in [0.1, 0.15) is 5.44 Å². The highest BCUT2D eigenvalue weighted by atomic mass is 32.2. The van der Waals surface area contributed by atoms with Gasteiger partial charge < -0.3 is 9.84 Å². The lowest BCUT2D eigenvalue weighted by atomic mass is 9.65. The van der Waals surface area contributed by atoms with E-state index in [4.69, 9.17) is 4.74 Å². The van der Waals surface area contributed by atoms with E-state index < -0.39 is 6.29 Å². The van der Waals surface area contributed by atoms with Gasteiger partial charge >= 0.3 is 0 Å². The minimum Gasteiger partial charge on any atom is -0.367 e. The van der Waals surface area contributed by atoms with Gasteiger partial charge in [0.05, 0.1) is 0 Å². The van der Waals surface area contributed by atoms with Crippen LogP contribution >= 0.6 is 11.8 Å². The Bertz CT molecular complexity index is 257. The lowest BCUT2D eigenvalue weighted by molar-refractivity contribution is -0.117. The third-order valence-corrected chi connectivity index (χ3v) is 6.05. The Hall–Kier alpha value is 0.270. The monoisotopic (exact) mass is 258 g/mol. The summed E-state index contributed by atoms with van der Waals surface area (Å²) in [4.78, 5) is 0. The Labute approximate surface area is 110 Å². The van der Waals surface area contributed by atoms with E-state index >= 15 is 0 Å². The minimum atomic E-state index is -0.540. The maximum absolute atomic E-state index is 9.56. The van der Waals surface area contributed by atoms with Crippen LogP contribution in [-0.2, 0) is 4.74 Å². The van der Waals surface area contributed by atoms with Gasteiger partial charge in [-0.05, 0) is 30.1 Å². The quantitative estimate of drug-likeness (QED) is 0.823. The van der Waals surface area contributed by atoms with Crippen molar-refractivity contribution in [3.63, 3.8) is 0 Å². The van der Waals surface area contributed by atoms with Crippen molar-refractivity contribution in [2.24, 2.45) is 29.6 Å². The lowest BCUT2D eigenvalue weighted by Crippen LogP contribution is -2.40. The number of hydrogen-bond donors (Lipinski definition) is 1. The molecule has 0 aromatic rings.